The number of nitrogens with one attached hydrogen (secondary N) is 1. The summed E-state index contributed by atoms with van der Waals surface area (Å²) in [6.07, 6.45) is 52.1. The maximum atomic E-state index is 15.5. The normalized spacial score (nSPS) is 15.2. The molecule has 117 heavy (non-hydrogen) atoms. The minimum absolute atomic E-state index is 0.00118. The van der Waals surface area contributed by atoms with E-state index in [1.54, 1.807) is 57.5 Å². The molecule has 1 N–H and O–H groups in total. The first-order valence-electron chi connectivity index (χ1n) is 44.7. The van der Waals surface area contributed by atoms with Crippen molar-refractivity contribution in [2.75, 3.05) is 0 Å². The van der Waals surface area contributed by atoms with Crippen LogP contribution in [0.4, 0.5) is 17.6 Å². The predicted octanol–water partition coefficient (Wildman–Crippen LogP) is 31.0. The van der Waals surface area contributed by atoms with Crippen molar-refractivity contribution >= 4 is 147 Å². The molecule has 0 aliphatic heterocycles. The fourth-order valence-corrected chi connectivity index (χ4v) is 24.7. The Morgan fingerprint density at radius 1 is 0.453 bits per heavy atom. The van der Waals surface area contributed by atoms with Crippen molar-refractivity contribution in [3.63, 3.8) is 0 Å². The van der Waals surface area contributed by atoms with E-state index < -0.39 is 34.8 Å². The molecule has 8 aromatic rings. The summed E-state index contributed by atoms with van der Waals surface area (Å²) in [7, 11) is 0. The summed E-state index contributed by atoms with van der Waals surface area (Å²) in [5.74, 6) is -5.37. The van der Waals surface area contributed by atoms with Gasteiger partial charge in [0.25, 0.3) is 5.70 Å². The second-order valence-electron chi connectivity index (χ2n) is 33.3. The zero-order chi connectivity index (χ0) is 83.1. The fraction of sp³-hybridized carbons (Fsp3) is 0.551. The summed E-state index contributed by atoms with van der Waals surface area (Å²) < 4.78 is 78.3. The molecule has 621 valence electrons. The van der Waals surface area contributed by atoms with E-state index in [-0.39, 0.29) is 67.7 Å². The van der Waals surface area contributed by atoms with Gasteiger partial charge >= 0.3 is 440 Å². The van der Waals surface area contributed by atoms with E-state index in [0.29, 0.717) is 37.4 Å². The Labute approximate surface area is 717 Å². The van der Waals surface area contributed by atoms with E-state index in [4.69, 9.17) is 10.6 Å². The monoisotopic (exact) mass is 1720 g/mol. The van der Waals surface area contributed by atoms with E-state index in [1.807, 2.05) is 18.2 Å². The molecular weight excluding hydrogens is 1600 g/mol. The van der Waals surface area contributed by atoms with Crippen molar-refractivity contribution in [3.8, 4) is 29.6 Å². The SMILES string of the molecule is [C-]#[N+]/C(C#N)=C1\C(=C\c2sc3c(sc4c5c(n(CC(CCCCCC)CCCCCCCC)c43)-c3c(c4sc6c(CCCCCCCCCCC)c(/C=C7\C(=O)c8cc(F)c(F)cc8C7=C(C#N)C#N)sc6c4n3CC(CCCCCC)CCCCCCCC)/C(=N/[Se])C5=N)c2CCCCCCCCCCC)C(=O)c2cc(F)c(F)cc21. The number of benzene rings is 2. The zero-order valence-electron chi connectivity index (χ0n) is 70.1. The van der Waals surface area contributed by atoms with Gasteiger partial charge in [-0.25, -0.2) is 27.7 Å². The van der Waals surface area contributed by atoms with Gasteiger partial charge in [0.1, 0.15) is 12.1 Å². The number of nitrogens with zero attached hydrogens (tertiary/aromatic N) is 7. The van der Waals surface area contributed by atoms with E-state index in [1.165, 1.54) is 116 Å². The standard InChI is InChI=1S/C98H119F4N8O2S4Se/c1-8-14-20-26-30-32-34-38-44-50-66-79(56-72-81(65(58-103)59-104)68-52-74(99)76(101)54-70(68)91(72)111)113-98-90-96(116-94(66)98)84-86(108-117)85(106)83-87(88(84)110(90)62-64(47-41-25-19-13-6)49-43-37-29-23-17-11-4)109(61-63(46-40-24-18-12-5)48-42-36-28-22-16-10-3)89-95(83)115-93-67(51-45-39-35-33-31-27-21-15-9-2)80(114-97(89)93)57-73-82(78(60-105)107-7)69-53-75(100)77(102)55-71(69)92(73)112/h52-57,63-64,106H,8-51,61-62H2,1-6H3/b72-56-,73-57-,82-78-,106-85?,108-86-. The van der Waals surface area contributed by atoms with Gasteiger partial charge in [-0.1, -0.05) is 151 Å². The molecule has 0 bridgehead atoms. The van der Waals surface area contributed by atoms with E-state index in [0.717, 1.165) is 261 Å². The van der Waals surface area contributed by atoms with Gasteiger partial charge in [-0.3, -0.25) is 4.79 Å². The first-order chi connectivity index (χ1) is 57.1. The number of rotatable bonds is 50. The number of thiophene rings is 4. The molecule has 1 radical (unpaired) electrons. The molecule has 2 atom stereocenters. The Balaban J connectivity index is 1.21. The van der Waals surface area contributed by atoms with E-state index in [2.05, 4.69) is 71.8 Å². The number of aromatic nitrogens is 2. The van der Waals surface area contributed by atoms with Crippen LogP contribution in [0.1, 0.15) is 375 Å². The van der Waals surface area contributed by atoms with E-state index in [9.17, 15) is 21.2 Å². The summed E-state index contributed by atoms with van der Waals surface area (Å²) in [5.41, 5.74) is 8.05. The third-order valence-electron chi connectivity index (χ3n) is 24.8. The van der Waals surface area contributed by atoms with Gasteiger partial charge in [0.05, 0.1) is 12.6 Å². The molecule has 6 aromatic heterocycles. The Morgan fingerprint density at radius 3 is 1.14 bits per heavy atom. The van der Waals surface area contributed by atoms with Gasteiger partial charge in [0.15, 0.2) is 23.3 Å². The minimum Gasteiger partial charge on any atom is -0.289 e. The van der Waals surface area contributed by atoms with Crippen LogP contribution in [0.5, 0.6) is 0 Å². The molecular formula is C98H119F4N8O2S4Se. The van der Waals surface area contributed by atoms with Crippen LogP contribution >= 0.6 is 45.3 Å². The average Bonchev–Trinajstić information content (AvgIpc) is 1.51. The van der Waals surface area contributed by atoms with Crippen molar-refractivity contribution < 1.29 is 27.2 Å². The summed E-state index contributed by atoms with van der Waals surface area (Å²) in [4.78, 5) is 35.2. The number of carbonyl (C=O) groups is 2. The number of allylic oxidation sites excluding steroid dienone is 6. The number of unbranched alkanes of at least 4 members (excludes halogenated alkanes) is 32. The first kappa shape index (κ1) is 90.4. The second-order valence-corrected chi connectivity index (χ2v) is 37.8. The molecule has 11 rings (SSSR count). The summed E-state index contributed by atoms with van der Waals surface area (Å²) in [6, 6.07) is 9.69. The van der Waals surface area contributed by atoms with Gasteiger partial charge in [-0.15, -0.1) is 0 Å². The molecule has 6 heterocycles. The van der Waals surface area contributed by atoms with Crippen molar-refractivity contribution in [1.82, 2.24) is 9.13 Å². The molecule has 3 aliphatic carbocycles. The maximum absolute atomic E-state index is 15.5. The fourth-order valence-electron chi connectivity index (χ4n) is 18.4. The van der Waals surface area contributed by atoms with Crippen LogP contribution in [0, 0.1) is 81.1 Å². The number of hydrogen-bond acceptors (Lipinski definition) is 11. The number of nitriles is 3. The van der Waals surface area contributed by atoms with Gasteiger partial charge in [0.2, 0.25) is 0 Å². The smallest absolute Gasteiger partial charge is 0.289 e. The Kier molecular flexibility index (Phi) is 34.6. The molecule has 10 nitrogen and oxygen atoms in total. The molecule has 0 amide bonds. The number of carbonyl (C=O) groups excluding carboxylic acids is 2. The summed E-state index contributed by atoms with van der Waals surface area (Å²) in [6.45, 7) is 23.1. The summed E-state index contributed by atoms with van der Waals surface area (Å²) in [5, 5.41) is 42.9. The molecule has 2 unspecified atom stereocenters. The predicted molar refractivity (Wildman–Crippen MR) is 485 cm³/mol. The van der Waals surface area contributed by atoms with Crippen molar-refractivity contribution in [1.29, 1.82) is 21.2 Å². The van der Waals surface area contributed by atoms with Crippen LogP contribution in [-0.2, 0) is 25.9 Å². The van der Waals surface area contributed by atoms with Crippen LogP contribution < -0.4 is 0 Å². The topological polar surface area (TPSA) is 156 Å². The van der Waals surface area contributed by atoms with Crippen LogP contribution in [-0.4, -0.2) is 48.4 Å². The quantitative estimate of drug-likeness (QED) is 0.0100. The second kappa shape index (κ2) is 44.8. The molecule has 0 saturated heterocycles. The number of ketones is 2. The van der Waals surface area contributed by atoms with Gasteiger partial charge in [-0.2, -0.15) is 10.5 Å². The average molecular weight is 1720 g/mol. The number of halogens is 4. The molecule has 0 saturated carbocycles. The van der Waals surface area contributed by atoms with Crippen LogP contribution in [0.15, 0.2) is 50.7 Å². The molecule has 0 spiro atoms. The van der Waals surface area contributed by atoms with Gasteiger partial charge < -0.3 is 0 Å². The summed E-state index contributed by atoms with van der Waals surface area (Å²) >= 11 is 9.72. The Hall–Kier alpha value is -7.32. The van der Waals surface area contributed by atoms with Crippen LogP contribution in [0.3, 0.4) is 0 Å². The first-order valence-corrected chi connectivity index (χ1v) is 48.7. The zero-order valence-corrected chi connectivity index (χ0v) is 75.1. The molecule has 2 aromatic carbocycles. The third-order valence-corrected chi connectivity index (χ3v) is 30.3. The minimum atomic E-state index is -1.19. The van der Waals surface area contributed by atoms with Crippen LogP contribution in [0.25, 0.3) is 78.8 Å². The molecule has 3 aliphatic rings. The molecule has 19 heteroatoms. The van der Waals surface area contributed by atoms with Crippen molar-refractivity contribution in [3.05, 3.63) is 136 Å². The Bertz CT molecular complexity index is 5200. The third kappa shape index (κ3) is 20.7. The van der Waals surface area contributed by atoms with Gasteiger partial charge in [-0.05, 0) is 29.8 Å². The van der Waals surface area contributed by atoms with Gasteiger partial charge in [0, 0.05) is 5.56 Å². The number of Topliss-reactive ketones (excluding diaryl/α,β-unsaturated/α-hetero) is 2. The van der Waals surface area contributed by atoms with Crippen LogP contribution in [0.2, 0.25) is 0 Å². The number of hydrogen-bond donors (Lipinski definition) is 1. The van der Waals surface area contributed by atoms with Crippen molar-refractivity contribution in [2.24, 2.45) is 15.8 Å². The Morgan fingerprint density at radius 2 is 0.778 bits per heavy atom. The number of aryl methyl sites for hydroxylation is 2. The van der Waals surface area contributed by atoms with E-state index >= 15 is 27.2 Å². The number of fused-ring (bicyclic) bond motifs is 13. The molecule has 0 fully saturated rings. The van der Waals surface area contributed by atoms with Crippen molar-refractivity contribution in [2.45, 2.75) is 337 Å².